The first kappa shape index (κ1) is 17.9. The lowest BCUT2D eigenvalue weighted by atomic mass is 9.85. The topological polar surface area (TPSA) is 63.7 Å². The third-order valence-electron chi connectivity index (χ3n) is 4.63. The second-order valence-corrected chi connectivity index (χ2v) is 6.94. The summed E-state index contributed by atoms with van der Waals surface area (Å²) in [6, 6.07) is 12.3. The first-order valence-corrected chi connectivity index (χ1v) is 8.58. The molecule has 26 heavy (non-hydrogen) atoms. The molecule has 0 aromatic heterocycles. The number of nitrogens with zero attached hydrogens (tertiary/aromatic N) is 1. The molecule has 5 heteroatoms. The molecule has 0 bridgehead atoms. The Bertz CT molecular complexity index is 866. The molecule has 0 spiro atoms. The number of fused-ring (bicyclic) bond motifs is 1. The number of carbonyl (C=O) groups is 3. The average molecular weight is 351 g/mol. The van der Waals surface area contributed by atoms with Crippen molar-refractivity contribution in [2.24, 2.45) is 5.92 Å². The lowest BCUT2D eigenvalue weighted by molar-refractivity contribution is -0.171. The van der Waals surface area contributed by atoms with Crippen molar-refractivity contribution in [1.82, 2.24) is 5.06 Å². The summed E-state index contributed by atoms with van der Waals surface area (Å²) < 4.78 is 0. The van der Waals surface area contributed by atoms with Gasteiger partial charge in [-0.25, -0.2) is 4.79 Å². The van der Waals surface area contributed by atoms with Gasteiger partial charge in [-0.05, 0) is 43.0 Å². The van der Waals surface area contributed by atoms with E-state index in [1.165, 1.54) is 0 Å². The van der Waals surface area contributed by atoms with Crippen molar-refractivity contribution in [3.8, 4) is 0 Å². The number of amides is 2. The Balaban J connectivity index is 1.90. The van der Waals surface area contributed by atoms with Gasteiger partial charge in [0.1, 0.15) is 0 Å². The summed E-state index contributed by atoms with van der Waals surface area (Å²) in [5.41, 5.74) is 3.34. The fourth-order valence-electron chi connectivity index (χ4n) is 3.25. The molecule has 0 aliphatic carbocycles. The summed E-state index contributed by atoms with van der Waals surface area (Å²) in [6.07, 6.45) is 0. The van der Waals surface area contributed by atoms with E-state index in [-0.39, 0.29) is 17.0 Å². The Morgan fingerprint density at radius 1 is 0.962 bits per heavy atom. The summed E-state index contributed by atoms with van der Waals surface area (Å²) >= 11 is 0. The summed E-state index contributed by atoms with van der Waals surface area (Å²) in [4.78, 5) is 43.0. The molecule has 2 aromatic carbocycles. The Labute approximate surface area is 152 Å². The Hall–Kier alpha value is -2.95. The molecule has 1 atom stereocenters. The lowest BCUT2D eigenvalue weighted by Gasteiger charge is -2.23. The largest absolute Gasteiger partial charge is 0.340 e. The highest BCUT2D eigenvalue weighted by atomic mass is 16.7. The maximum atomic E-state index is 12.9. The van der Waals surface area contributed by atoms with Crippen molar-refractivity contribution in [3.63, 3.8) is 0 Å². The van der Waals surface area contributed by atoms with E-state index in [1.807, 2.05) is 45.9 Å². The summed E-state index contributed by atoms with van der Waals surface area (Å²) in [5.74, 6) is -2.45. The third-order valence-corrected chi connectivity index (χ3v) is 4.63. The molecule has 1 heterocycles. The quantitative estimate of drug-likeness (QED) is 0.786. The van der Waals surface area contributed by atoms with Crippen LogP contribution in [0.15, 0.2) is 42.5 Å². The second-order valence-electron chi connectivity index (χ2n) is 6.94. The van der Waals surface area contributed by atoms with Crippen molar-refractivity contribution in [2.75, 3.05) is 0 Å². The van der Waals surface area contributed by atoms with E-state index < -0.39 is 23.7 Å². The minimum atomic E-state index is -0.609. The van der Waals surface area contributed by atoms with Crippen molar-refractivity contribution >= 4 is 17.8 Å². The zero-order valence-corrected chi connectivity index (χ0v) is 15.3. The molecule has 0 saturated carbocycles. The highest BCUT2D eigenvalue weighted by Crippen LogP contribution is 2.31. The molecule has 1 aliphatic rings. The van der Waals surface area contributed by atoms with Crippen LogP contribution in [-0.4, -0.2) is 22.8 Å². The van der Waals surface area contributed by atoms with Gasteiger partial charge in [0.25, 0.3) is 11.8 Å². The molecule has 0 saturated heterocycles. The molecule has 2 amide bonds. The summed E-state index contributed by atoms with van der Waals surface area (Å²) in [6.45, 7) is 7.71. The molecule has 0 fully saturated rings. The van der Waals surface area contributed by atoms with E-state index in [2.05, 4.69) is 0 Å². The van der Waals surface area contributed by atoms with Crippen LogP contribution >= 0.6 is 0 Å². The van der Waals surface area contributed by atoms with Gasteiger partial charge in [0.15, 0.2) is 0 Å². The Kier molecular flexibility index (Phi) is 4.64. The first-order chi connectivity index (χ1) is 12.3. The fourth-order valence-corrected chi connectivity index (χ4v) is 3.25. The smallest absolute Gasteiger partial charge is 0.329 e. The normalized spacial score (nSPS) is 14.6. The number of hydrogen-bond donors (Lipinski definition) is 0. The van der Waals surface area contributed by atoms with Gasteiger partial charge in [0.2, 0.25) is 0 Å². The highest BCUT2D eigenvalue weighted by molar-refractivity contribution is 6.20. The SMILES string of the molecule is Cc1ccc(C)c(C(C(=O)ON2C(=O)c3ccccc3C2=O)C(C)C)c1. The summed E-state index contributed by atoms with van der Waals surface area (Å²) in [5, 5.41) is 0.577. The van der Waals surface area contributed by atoms with E-state index in [0.29, 0.717) is 5.06 Å². The monoisotopic (exact) mass is 351 g/mol. The Morgan fingerprint density at radius 2 is 1.54 bits per heavy atom. The molecule has 0 N–H and O–H groups in total. The van der Waals surface area contributed by atoms with E-state index >= 15 is 0 Å². The van der Waals surface area contributed by atoms with Gasteiger partial charge in [0.05, 0.1) is 17.0 Å². The molecular formula is C21H21NO4. The van der Waals surface area contributed by atoms with Gasteiger partial charge in [-0.3, -0.25) is 9.59 Å². The van der Waals surface area contributed by atoms with E-state index in [0.717, 1.165) is 16.7 Å². The Morgan fingerprint density at radius 3 is 2.08 bits per heavy atom. The molecule has 134 valence electrons. The standard InChI is InChI=1S/C21H21NO4/c1-12(2)18(17-11-13(3)9-10-14(17)4)21(25)26-22-19(23)15-7-5-6-8-16(15)20(22)24/h5-12,18H,1-4H3. The molecule has 2 aromatic rings. The van der Waals surface area contributed by atoms with Gasteiger partial charge in [-0.2, -0.15) is 0 Å². The predicted molar refractivity (Wildman–Crippen MR) is 96.5 cm³/mol. The van der Waals surface area contributed by atoms with Crippen LogP contribution in [0.2, 0.25) is 0 Å². The number of aryl methyl sites for hydroxylation is 2. The maximum Gasteiger partial charge on any atom is 0.340 e. The van der Waals surface area contributed by atoms with E-state index in [9.17, 15) is 14.4 Å². The number of imide groups is 1. The zero-order chi connectivity index (χ0) is 19.0. The highest BCUT2D eigenvalue weighted by Gasteiger charge is 2.40. The first-order valence-electron chi connectivity index (χ1n) is 8.58. The van der Waals surface area contributed by atoms with Crippen LogP contribution in [0, 0.1) is 19.8 Å². The van der Waals surface area contributed by atoms with Crippen LogP contribution in [-0.2, 0) is 9.63 Å². The third kappa shape index (κ3) is 3.01. The van der Waals surface area contributed by atoms with Gasteiger partial charge >= 0.3 is 5.97 Å². The van der Waals surface area contributed by atoms with Gasteiger partial charge in [0, 0.05) is 0 Å². The number of rotatable bonds is 4. The number of hydrogen-bond acceptors (Lipinski definition) is 4. The van der Waals surface area contributed by atoms with Crippen LogP contribution in [0.25, 0.3) is 0 Å². The molecule has 1 unspecified atom stereocenters. The van der Waals surface area contributed by atoms with Crippen LogP contribution in [0.5, 0.6) is 0 Å². The predicted octanol–water partition coefficient (Wildman–Crippen LogP) is 3.80. The zero-order valence-electron chi connectivity index (χ0n) is 15.3. The minimum Gasteiger partial charge on any atom is -0.329 e. The average Bonchev–Trinajstić information content (AvgIpc) is 2.83. The van der Waals surface area contributed by atoms with Crippen LogP contribution in [0.4, 0.5) is 0 Å². The van der Waals surface area contributed by atoms with Gasteiger partial charge < -0.3 is 4.84 Å². The molecule has 0 radical (unpaired) electrons. The van der Waals surface area contributed by atoms with Crippen molar-refractivity contribution < 1.29 is 19.2 Å². The fraction of sp³-hybridized carbons (Fsp3) is 0.286. The number of carbonyl (C=O) groups excluding carboxylic acids is 3. The van der Waals surface area contributed by atoms with Gasteiger partial charge in [-0.1, -0.05) is 54.8 Å². The molecule has 5 nitrogen and oxygen atoms in total. The number of benzene rings is 2. The minimum absolute atomic E-state index is 0.0572. The van der Waals surface area contributed by atoms with Crippen LogP contribution < -0.4 is 0 Å². The van der Waals surface area contributed by atoms with E-state index in [4.69, 9.17) is 4.84 Å². The van der Waals surface area contributed by atoms with Crippen molar-refractivity contribution in [3.05, 3.63) is 70.3 Å². The van der Waals surface area contributed by atoms with Crippen molar-refractivity contribution in [2.45, 2.75) is 33.6 Å². The molecule has 1 aliphatic heterocycles. The van der Waals surface area contributed by atoms with Crippen LogP contribution in [0.1, 0.15) is 57.2 Å². The van der Waals surface area contributed by atoms with Crippen LogP contribution in [0.3, 0.4) is 0 Å². The molecule has 3 rings (SSSR count). The second kappa shape index (κ2) is 6.75. The lowest BCUT2D eigenvalue weighted by Crippen LogP contribution is -2.35. The maximum absolute atomic E-state index is 12.9. The molecular weight excluding hydrogens is 330 g/mol. The summed E-state index contributed by atoms with van der Waals surface area (Å²) in [7, 11) is 0. The number of hydroxylamine groups is 2. The van der Waals surface area contributed by atoms with E-state index in [1.54, 1.807) is 24.3 Å². The van der Waals surface area contributed by atoms with Gasteiger partial charge in [-0.15, -0.1) is 0 Å². The van der Waals surface area contributed by atoms with Crippen molar-refractivity contribution in [1.29, 1.82) is 0 Å².